The molecule has 18 heavy (non-hydrogen) atoms. The fourth-order valence-electron chi connectivity index (χ4n) is 2.06. The molecule has 1 atom stereocenters. The third-order valence-corrected chi connectivity index (χ3v) is 3.17. The molecule has 3 nitrogen and oxygen atoms in total. The molecule has 1 aromatic carbocycles. The molecule has 1 aromatic heterocycles. The summed E-state index contributed by atoms with van der Waals surface area (Å²) in [4.78, 5) is 4.32. The molecule has 96 valence electrons. The minimum Gasteiger partial charge on any atom is -0.335 e. The van der Waals surface area contributed by atoms with E-state index in [1.807, 2.05) is 13.1 Å². The zero-order chi connectivity index (χ0) is 13.2. The molecule has 0 saturated carbocycles. The summed E-state index contributed by atoms with van der Waals surface area (Å²) in [6.07, 6.45) is 4.34. The molecule has 0 saturated heterocycles. The fraction of sp³-hybridized carbons (Fsp3) is 0.357. The van der Waals surface area contributed by atoms with E-state index in [-0.39, 0.29) is 5.82 Å². The largest absolute Gasteiger partial charge is 0.335 e. The third kappa shape index (κ3) is 2.59. The van der Waals surface area contributed by atoms with Crippen molar-refractivity contribution in [3.8, 4) is 0 Å². The molecule has 0 amide bonds. The van der Waals surface area contributed by atoms with E-state index in [4.69, 9.17) is 5.73 Å². The SMILES string of the molecule is CCn1ccnc1CC(C)(N)c1ccc(F)cc1. The second kappa shape index (κ2) is 4.90. The number of hydrogen-bond donors (Lipinski definition) is 1. The van der Waals surface area contributed by atoms with Crippen LogP contribution < -0.4 is 5.73 Å². The molecule has 0 bridgehead atoms. The number of imidazole rings is 1. The first-order chi connectivity index (χ1) is 8.53. The third-order valence-electron chi connectivity index (χ3n) is 3.17. The molecule has 0 spiro atoms. The lowest BCUT2D eigenvalue weighted by atomic mass is 9.89. The van der Waals surface area contributed by atoms with Crippen LogP contribution in [0.15, 0.2) is 36.7 Å². The molecule has 2 N–H and O–H groups in total. The predicted molar refractivity (Wildman–Crippen MR) is 69.5 cm³/mol. The van der Waals surface area contributed by atoms with E-state index in [0.29, 0.717) is 6.42 Å². The van der Waals surface area contributed by atoms with E-state index in [2.05, 4.69) is 16.5 Å². The standard InChI is InChI=1S/C14H18FN3/c1-3-18-9-8-17-13(18)10-14(2,16)11-4-6-12(15)7-5-11/h4-9H,3,10,16H2,1-2H3. The van der Waals surface area contributed by atoms with E-state index < -0.39 is 5.54 Å². The first-order valence-corrected chi connectivity index (χ1v) is 6.08. The second-order valence-corrected chi connectivity index (χ2v) is 4.73. The van der Waals surface area contributed by atoms with Gasteiger partial charge in [-0.2, -0.15) is 0 Å². The zero-order valence-corrected chi connectivity index (χ0v) is 10.7. The van der Waals surface area contributed by atoms with E-state index >= 15 is 0 Å². The second-order valence-electron chi connectivity index (χ2n) is 4.73. The predicted octanol–water partition coefficient (Wildman–Crippen LogP) is 2.46. The monoisotopic (exact) mass is 247 g/mol. The Morgan fingerprint density at radius 1 is 1.33 bits per heavy atom. The Hall–Kier alpha value is -1.68. The summed E-state index contributed by atoms with van der Waals surface area (Å²) in [5, 5.41) is 0. The average Bonchev–Trinajstić information content (AvgIpc) is 2.76. The van der Waals surface area contributed by atoms with Crippen molar-refractivity contribution in [1.29, 1.82) is 0 Å². The number of halogens is 1. The Morgan fingerprint density at radius 2 is 2.00 bits per heavy atom. The van der Waals surface area contributed by atoms with Crippen LogP contribution >= 0.6 is 0 Å². The first-order valence-electron chi connectivity index (χ1n) is 6.08. The topological polar surface area (TPSA) is 43.8 Å². The molecule has 2 rings (SSSR count). The lowest BCUT2D eigenvalue weighted by molar-refractivity contribution is 0.464. The number of hydrogen-bond acceptors (Lipinski definition) is 2. The van der Waals surface area contributed by atoms with Crippen molar-refractivity contribution in [2.75, 3.05) is 0 Å². The highest BCUT2D eigenvalue weighted by Crippen LogP contribution is 2.22. The molecule has 4 heteroatoms. The molecule has 0 radical (unpaired) electrons. The normalized spacial score (nSPS) is 14.4. The first kappa shape index (κ1) is 12.8. The Balaban J connectivity index is 2.23. The van der Waals surface area contributed by atoms with Gasteiger partial charge in [-0.25, -0.2) is 9.37 Å². The number of aryl methyl sites for hydroxylation is 1. The van der Waals surface area contributed by atoms with Gasteiger partial charge in [0, 0.05) is 30.9 Å². The van der Waals surface area contributed by atoms with Crippen LogP contribution in [0.25, 0.3) is 0 Å². The van der Waals surface area contributed by atoms with Gasteiger partial charge in [0.25, 0.3) is 0 Å². The maximum atomic E-state index is 12.9. The van der Waals surface area contributed by atoms with Crippen molar-refractivity contribution in [3.05, 3.63) is 53.9 Å². The van der Waals surface area contributed by atoms with Crippen molar-refractivity contribution in [2.45, 2.75) is 32.4 Å². The van der Waals surface area contributed by atoms with Gasteiger partial charge in [-0.3, -0.25) is 0 Å². The maximum absolute atomic E-state index is 12.9. The van der Waals surface area contributed by atoms with E-state index in [1.54, 1.807) is 18.3 Å². The summed E-state index contributed by atoms with van der Waals surface area (Å²) >= 11 is 0. The van der Waals surface area contributed by atoms with Crippen molar-refractivity contribution in [2.24, 2.45) is 5.73 Å². The van der Waals surface area contributed by atoms with E-state index in [1.165, 1.54) is 12.1 Å². The quantitative estimate of drug-likeness (QED) is 0.902. The Morgan fingerprint density at radius 3 is 2.61 bits per heavy atom. The van der Waals surface area contributed by atoms with Crippen LogP contribution in [0, 0.1) is 5.82 Å². The Labute approximate surface area is 106 Å². The highest BCUT2D eigenvalue weighted by molar-refractivity contribution is 5.25. The Bertz CT molecular complexity index is 514. The maximum Gasteiger partial charge on any atom is 0.123 e. The van der Waals surface area contributed by atoms with E-state index in [9.17, 15) is 4.39 Å². The van der Waals surface area contributed by atoms with Crippen LogP contribution in [0.5, 0.6) is 0 Å². The highest BCUT2D eigenvalue weighted by atomic mass is 19.1. The van der Waals surface area contributed by atoms with Gasteiger partial charge in [0.15, 0.2) is 0 Å². The van der Waals surface area contributed by atoms with Gasteiger partial charge < -0.3 is 10.3 Å². The summed E-state index contributed by atoms with van der Waals surface area (Å²) in [6.45, 7) is 4.88. The van der Waals surface area contributed by atoms with Crippen LogP contribution in [-0.4, -0.2) is 9.55 Å². The van der Waals surface area contributed by atoms with Crippen LogP contribution in [0.4, 0.5) is 4.39 Å². The summed E-state index contributed by atoms with van der Waals surface area (Å²) < 4.78 is 15.0. The summed E-state index contributed by atoms with van der Waals surface area (Å²) in [5.41, 5.74) is 6.69. The van der Waals surface area contributed by atoms with Gasteiger partial charge in [-0.05, 0) is 31.5 Å². The smallest absolute Gasteiger partial charge is 0.123 e. The number of nitrogens with two attached hydrogens (primary N) is 1. The molecule has 2 aromatic rings. The van der Waals surface area contributed by atoms with Crippen LogP contribution in [0.1, 0.15) is 25.2 Å². The minimum absolute atomic E-state index is 0.246. The van der Waals surface area contributed by atoms with Crippen molar-refractivity contribution in [1.82, 2.24) is 9.55 Å². The zero-order valence-electron chi connectivity index (χ0n) is 10.7. The van der Waals surface area contributed by atoms with E-state index in [0.717, 1.165) is 17.9 Å². The van der Waals surface area contributed by atoms with Crippen molar-refractivity contribution >= 4 is 0 Å². The molecule has 1 unspecified atom stereocenters. The number of rotatable bonds is 4. The summed E-state index contributed by atoms with van der Waals surface area (Å²) in [6, 6.07) is 6.34. The summed E-state index contributed by atoms with van der Waals surface area (Å²) in [7, 11) is 0. The lowest BCUT2D eigenvalue weighted by Crippen LogP contribution is -2.36. The molecule has 0 aliphatic rings. The molecular weight excluding hydrogens is 229 g/mol. The fourth-order valence-corrected chi connectivity index (χ4v) is 2.06. The average molecular weight is 247 g/mol. The minimum atomic E-state index is -0.550. The highest BCUT2D eigenvalue weighted by Gasteiger charge is 2.23. The number of nitrogens with zero attached hydrogens (tertiary/aromatic N) is 2. The molecule has 0 aliphatic carbocycles. The van der Waals surface area contributed by atoms with Gasteiger partial charge in [-0.15, -0.1) is 0 Å². The molecule has 0 fully saturated rings. The molecule has 0 aliphatic heterocycles. The van der Waals surface area contributed by atoms with Gasteiger partial charge in [0.1, 0.15) is 11.6 Å². The van der Waals surface area contributed by atoms with Crippen LogP contribution in [0.2, 0.25) is 0 Å². The van der Waals surface area contributed by atoms with Gasteiger partial charge >= 0.3 is 0 Å². The van der Waals surface area contributed by atoms with Gasteiger partial charge in [0.05, 0.1) is 0 Å². The van der Waals surface area contributed by atoms with Crippen LogP contribution in [0.3, 0.4) is 0 Å². The van der Waals surface area contributed by atoms with Crippen LogP contribution in [-0.2, 0) is 18.5 Å². The Kier molecular flexibility index (Phi) is 3.48. The van der Waals surface area contributed by atoms with Gasteiger partial charge in [0.2, 0.25) is 0 Å². The number of benzene rings is 1. The molecule has 1 heterocycles. The van der Waals surface area contributed by atoms with Gasteiger partial charge in [-0.1, -0.05) is 12.1 Å². The molecular formula is C14H18FN3. The van der Waals surface area contributed by atoms with Crippen molar-refractivity contribution in [3.63, 3.8) is 0 Å². The summed E-state index contributed by atoms with van der Waals surface area (Å²) in [5.74, 6) is 0.705. The lowest BCUT2D eigenvalue weighted by Gasteiger charge is -2.25. The number of aromatic nitrogens is 2. The van der Waals surface area contributed by atoms with Crippen molar-refractivity contribution < 1.29 is 4.39 Å².